The van der Waals surface area contributed by atoms with Gasteiger partial charge in [-0.05, 0) is 43.0 Å². The molecule has 23 heavy (non-hydrogen) atoms. The highest BCUT2D eigenvalue weighted by Crippen LogP contribution is 2.24. The van der Waals surface area contributed by atoms with Gasteiger partial charge in [0.15, 0.2) is 0 Å². The summed E-state index contributed by atoms with van der Waals surface area (Å²) in [5, 5.41) is 2.91. The van der Waals surface area contributed by atoms with Crippen LogP contribution in [0.15, 0.2) is 18.2 Å². The quantitative estimate of drug-likeness (QED) is 0.778. The van der Waals surface area contributed by atoms with E-state index >= 15 is 0 Å². The molecule has 0 spiro atoms. The third-order valence-corrected chi connectivity index (χ3v) is 3.84. The number of benzene rings is 1. The summed E-state index contributed by atoms with van der Waals surface area (Å²) in [5.41, 5.74) is 6.54. The molecule has 7 heteroatoms. The van der Waals surface area contributed by atoms with E-state index in [1.54, 1.807) is 14.2 Å². The van der Waals surface area contributed by atoms with Crippen molar-refractivity contribution in [3.63, 3.8) is 0 Å². The number of rotatable bonds is 7. The van der Waals surface area contributed by atoms with Crippen LogP contribution in [0, 0.1) is 0 Å². The number of nitrogens with two attached hydrogens (primary N) is 1. The van der Waals surface area contributed by atoms with E-state index in [0.717, 1.165) is 29.9 Å². The number of methoxy groups -OCH3 is 2. The fraction of sp³-hybridized carbons (Fsp3) is 0.562. The van der Waals surface area contributed by atoms with Gasteiger partial charge in [0.2, 0.25) is 5.91 Å². The SMILES string of the molecule is COc1ccc(OC)c(CCNC(=O)[C@@H]2CC[C@H](CN)O2)c1.Cl. The zero-order chi connectivity index (χ0) is 15.9. The molecule has 1 aliphatic rings. The van der Waals surface area contributed by atoms with E-state index in [1.165, 1.54) is 0 Å². The lowest BCUT2D eigenvalue weighted by Crippen LogP contribution is -2.36. The number of nitrogens with one attached hydrogen (secondary N) is 1. The van der Waals surface area contributed by atoms with E-state index in [9.17, 15) is 4.79 Å². The zero-order valence-electron chi connectivity index (χ0n) is 13.5. The molecule has 1 aromatic rings. The topological polar surface area (TPSA) is 82.8 Å². The van der Waals surface area contributed by atoms with Gasteiger partial charge in [-0.25, -0.2) is 0 Å². The van der Waals surface area contributed by atoms with Crippen LogP contribution in [0.2, 0.25) is 0 Å². The smallest absolute Gasteiger partial charge is 0.249 e. The van der Waals surface area contributed by atoms with Gasteiger partial charge in [0, 0.05) is 13.1 Å². The molecular formula is C16H25ClN2O4. The predicted octanol–water partition coefficient (Wildman–Crippen LogP) is 1.29. The number of ether oxygens (including phenoxy) is 3. The molecular weight excluding hydrogens is 320 g/mol. The summed E-state index contributed by atoms with van der Waals surface area (Å²) < 4.78 is 16.1. The summed E-state index contributed by atoms with van der Waals surface area (Å²) in [6.07, 6.45) is 1.88. The van der Waals surface area contributed by atoms with Crippen LogP contribution in [0.25, 0.3) is 0 Å². The Bertz CT molecular complexity index is 513. The van der Waals surface area contributed by atoms with Crippen LogP contribution in [-0.4, -0.2) is 45.4 Å². The maximum Gasteiger partial charge on any atom is 0.249 e. The Morgan fingerprint density at radius 3 is 2.74 bits per heavy atom. The first-order valence-corrected chi connectivity index (χ1v) is 7.52. The van der Waals surface area contributed by atoms with Crippen molar-refractivity contribution in [3.05, 3.63) is 23.8 Å². The van der Waals surface area contributed by atoms with Crippen LogP contribution in [-0.2, 0) is 16.0 Å². The van der Waals surface area contributed by atoms with Gasteiger partial charge in [-0.1, -0.05) is 0 Å². The fourth-order valence-corrected chi connectivity index (χ4v) is 2.58. The average Bonchev–Trinajstić information content (AvgIpc) is 3.03. The monoisotopic (exact) mass is 344 g/mol. The van der Waals surface area contributed by atoms with Crippen molar-refractivity contribution in [1.82, 2.24) is 5.32 Å². The molecule has 130 valence electrons. The molecule has 0 aliphatic carbocycles. The predicted molar refractivity (Wildman–Crippen MR) is 90.5 cm³/mol. The van der Waals surface area contributed by atoms with Crippen molar-refractivity contribution in [2.45, 2.75) is 31.5 Å². The molecule has 1 aliphatic heterocycles. The van der Waals surface area contributed by atoms with Gasteiger partial charge in [0.1, 0.15) is 17.6 Å². The lowest BCUT2D eigenvalue weighted by Gasteiger charge is -2.14. The molecule has 1 fully saturated rings. The number of hydrogen-bond donors (Lipinski definition) is 2. The molecule has 2 rings (SSSR count). The molecule has 2 atom stereocenters. The number of carbonyl (C=O) groups excluding carboxylic acids is 1. The second-order valence-electron chi connectivity index (χ2n) is 5.28. The first-order chi connectivity index (χ1) is 10.7. The lowest BCUT2D eigenvalue weighted by atomic mass is 10.1. The molecule has 0 radical (unpaired) electrons. The van der Waals surface area contributed by atoms with Gasteiger partial charge in [-0.3, -0.25) is 4.79 Å². The van der Waals surface area contributed by atoms with Gasteiger partial charge < -0.3 is 25.3 Å². The summed E-state index contributed by atoms with van der Waals surface area (Å²) in [6, 6.07) is 5.63. The number of hydrogen-bond acceptors (Lipinski definition) is 5. The van der Waals surface area contributed by atoms with E-state index in [0.29, 0.717) is 19.5 Å². The highest BCUT2D eigenvalue weighted by Gasteiger charge is 2.29. The van der Waals surface area contributed by atoms with Gasteiger partial charge in [-0.2, -0.15) is 0 Å². The second kappa shape index (κ2) is 9.60. The minimum atomic E-state index is -0.374. The van der Waals surface area contributed by atoms with Crippen LogP contribution in [0.3, 0.4) is 0 Å². The van der Waals surface area contributed by atoms with E-state index in [-0.39, 0.29) is 30.5 Å². The van der Waals surface area contributed by atoms with Crippen LogP contribution in [0.5, 0.6) is 11.5 Å². The molecule has 1 aromatic carbocycles. The Hall–Kier alpha value is -1.50. The summed E-state index contributed by atoms with van der Waals surface area (Å²) in [6.45, 7) is 0.986. The molecule has 3 N–H and O–H groups in total. The Morgan fingerprint density at radius 1 is 1.35 bits per heavy atom. The molecule has 1 saturated heterocycles. The van der Waals surface area contributed by atoms with E-state index in [2.05, 4.69) is 5.32 Å². The summed E-state index contributed by atoms with van der Waals surface area (Å²) in [7, 11) is 3.25. The average molecular weight is 345 g/mol. The van der Waals surface area contributed by atoms with Crippen molar-refractivity contribution >= 4 is 18.3 Å². The summed E-state index contributed by atoms with van der Waals surface area (Å²) >= 11 is 0. The molecule has 0 bridgehead atoms. The minimum Gasteiger partial charge on any atom is -0.497 e. The molecule has 6 nitrogen and oxygen atoms in total. The van der Waals surface area contributed by atoms with Crippen molar-refractivity contribution in [3.8, 4) is 11.5 Å². The summed E-state index contributed by atoms with van der Waals surface area (Å²) in [4.78, 5) is 12.0. The molecule has 0 unspecified atom stereocenters. The lowest BCUT2D eigenvalue weighted by molar-refractivity contribution is -0.131. The third kappa shape index (κ3) is 5.27. The van der Waals surface area contributed by atoms with Crippen LogP contribution in [0.4, 0.5) is 0 Å². The fourth-order valence-electron chi connectivity index (χ4n) is 2.58. The first kappa shape index (κ1) is 19.5. The molecule has 0 saturated carbocycles. The molecule has 1 heterocycles. The number of amides is 1. The van der Waals surface area contributed by atoms with Crippen LogP contribution in [0.1, 0.15) is 18.4 Å². The van der Waals surface area contributed by atoms with Gasteiger partial charge in [-0.15, -0.1) is 12.4 Å². The van der Waals surface area contributed by atoms with Crippen LogP contribution < -0.4 is 20.5 Å². The van der Waals surface area contributed by atoms with Crippen molar-refractivity contribution in [2.24, 2.45) is 5.73 Å². The minimum absolute atomic E-state index is 0. The van der Waals surface area contributed by atoms with Gasteiger partial charge in [0.05, 0.1) is 20.3 Å². The highest BCUT2D eigenvalue weighted by atomic mass is 35.5. The van der Waals surface area contributed by atoms with Crippen molar-refractivity contribution in [1.29, 1.82) is 0 Å². The molecule has 0 aromatic heterocycles. The Morgan fingerprint density at radius 2 is 2.13 bits per heavy atom. The molecule has 1 amide bonds. The van der Waals surface area contributed by atoms with E-state index in [4.69, 9.17) is 19.9 Å². The maximum atomic E-state index is 12.0. The largest absolute Gasteiger partial charge is 0.497 e. The zero-order valence-corrected chi connectivity index (χ0v) is 14.4. The van der Waals surface area contributed by atoms with Gasteiger partial charge >= 0.3 is 0 Å². The van der Waals surface area contributed by atoms with E-state index in [1.807, 2.05) is 18.2 Å². The Balaban J connectivity index is 0.00000264. The first-order valence-electron chi connectivity index (χ1n) is 7.52. The van der Waals surface area contributed by atoms with Crippen LogP contribution >= 0.6 is 12.4 Å². The number of carbonyl (C=O) groups is 1. The van der Waals surface area contributed by atoms with E-state index < -0.39 is 0 Å². The Kier molecular flexibility index (Phi) is 8.16. The summed E-state index contributed by atoms with van der Waals surface area (Å²) in [5.74, 6) is 1.49. The van der Waals surface area contributed by atoms with Crippen molar-refractivity contribution < 1.29 is 19.0 Å². The van der Waals surface area contributed by atoms with Gasteiger partial charge in [0.25, 0.3) is 0 Å². The highest BCUT2D eigenvalue weighted by molar-refractivity contribution is 5.85. The normalized spacial score (nSPS) is 19.8. The second-order valence-corrected chi connectivity index (χ2v) is 5.28. The Labute approximate surface area is 143 Å². The standard InChI is InChI=1S/C16H24N2O4.ClH/c1-20-12-3-5-14(21-2)11(9-12)7-8-18-16(19)15-6-4-13(10-17)22-15;/h3,5,9,13,15H,4,6-8,10,17H2,1-2H3,(H,18,19);1H/t13-,15+;/m1./s1. The maximum absolute atomic E-state index is 12.0. The van der Waals surface area contributed by atoms with Crippen molar-refractivity contribution in [2.75, 3.05) is 27.3 Å². The number of halogens is 1. The third-order valence-electron chi connectivity index (χ3n) is 3.84.